The normalized spacial score (nSPS) is 24.1. The second-order valence-corrected chi connectivity index (χ2v) is 10.8. The van der Waals surface area contributed by atoms with Crippen molar-refractivity contribution in [1.29, 1.82) is 0 Å². The van der Waals surface area contributed by atoms with Crippen molar-refractivity contribution >= 4 is 5.91 Å². The molecule has 6 heteroatoms. The third kappa shape index (κ3) is 6.08. The predicted octanol–water partition coefficient (Wildman–Crippen LogP) is 5.03. The number of likely N-dealkylation sites (tertiary alicyclic amines) is 1. The number of ether oxygens (including phenoxy) is 1. The fourth-order valence-corrected chi connectivity index (χ4v) is 6.51. The largest absolute Gasteiger partial charge is 0.497 e. The molecule has 0 aromatic heterocycles. The molecule has 3 heterocycles. The molecular weight excluding hydrogens is 460 g/mol. The Kier molecular flexibility index (Phi) is 8.59. The molecule has 3 atom stereocenters. The maximum absolute atomic E-state index is 13.0. The van der Waals surface area contributed by atoms with Gasteiger partial charge in [-0.1, -0.05) is 43.2 Å². The van der Waals surface area contributed by atoms with Gasteiger partial charge in [0.25, 0.3) is 5.91 Å². The first-order chi connectivity index (χ1) is 18.2. The van der Waals surface area contributed by atoms with Crippen LogP contribution in [0.15, 0.2) is 61.2 Å². The number of benzene rings is 2. The SMILES string of the molecule is C=CCN1C2CCC1CN(C(c1ccc(C(=O)NN3CCCCCC3)cc1)c1cccc(OC)c1)CC2. The molecule has 3 aliphatic rings. The van der Waals surface area contributed by atoms with Gasteiger partial charge in [-0.3, -0.25) is 20.0 Å². The molecule has 6 nitrogen and oxygen atoms in total. The second kappa shape index (κ2) is 12.2. The lowest BCUT2D eigenvalue weighted by Gasteiger charge is -2.34. The van der Waals surface area contributed by atoms with Gasteiger partial charge in [0.2, 0.25) is 0 Å². The van der Waals surface area contributed by atoms with Gasteiger partial charge in [-0.05, 0) is 67.5 Å². The highest BCUT2D eigenvalue weighted by Gasteiger charge is 2.38. The van der Waals surface area contributed by atoms with Crippen LogP contribution >= 0.6 is 0 Å². The number of carbonyl (C=O) groups excluding carboxylic acids is 1. The maximum atomic E-state index is 13.0. The van der Waals surface area contributed by atoms with Crippen molar-refractivity contribution in [3.63, 3.8) is 0 Å². The standard InChI is InChI=1S/C31H42N4O2/c1-3-18-35-27-15-16-28(35)23-33(21-17-27)30(26-9-8-10-29(22-26)37-2)24-11-13-25(14-12-24)31(36)32-34-19-6-4-5-7-20-34/h3,8-14,22,27-28,30H,1,4-7,15-21,23H2,2H3,(H,32,36). The van der Waals surface area contributed by atoms with Crippen LogP contribution in [0, 0.1) is 0 Å². The number of amides is 1. The maximum Gasteiger partial charge on any atom is 0.265 e. The van der Waals surface area contributed by atoms with Gasteiger partial charge in [0.1, 0.15) is 5.75 Å². The molecule has 0 saturated carbocycles. The number of rotatable bonds is 8. The summed E-state index contributed by atoms with van der Waals surface area (Å²) in [5.74, 6) is 0.860. The fourth-order valence-electron chi connectivity index (χ4n) is 6.51. The number of hydrogen-bond donors (Lipinski definition) is 1. The highest BCUT2D eigenvalue weighted by Crippen LogP contribution is 2.37. The number of methoxy groups -OCH3 is 1. The van der Waals surface area contributed by atoms with Crippen LogP contribution in [-0.2, 0) is 0 Å². The van der Waals surface area contributed by atoms with E-state index in [-0.39, 0.29) is 11.9 Å². The smallest absolute Gasteiger partial charge is 0.265 e. The number of hydrogen-bond acceptors (Lipinski definition) is 5. The molecule has 0 radical (unpaired) electrons. The van der Waals surface area contributed by atoms with Crippen LogP contribution in [0.1, 0.15) is 72.5 Å². The van der Waals surface area contributed by atoms with E-state index in [1.54, 1.807) is 7.11 Å². The summed E-state index contributed by atoms with van der Waals surface area (Å²) in [5, 5.41) is 2.09. The minimum atomic E-state index is -0.0153. The van der Waals surface area contributed by atoms with Gasteiger partial charge in [0.15, 0.2) is 0 Å². The Bertz CT molecular complexity index is 1050. The van der Waals surface area contributed by atoms with Gasteiger partial charge in [0.05, 0.1) is 13.2 Å². The van der Waals surface area contributed by atoms with Crippen molar-refractivity contribution in [3.8, 4) is 5.75 Å². The average Bonchev–Trinajstić information content (AvgIpc) is 3.05. The van der Waals surface area contributed by atoms with E-state index in [0.717, 1.165) is 51.3 Å². The Morgan fingerprint density at radius 2 is 1.76 bits per heavy atom. The third-order valence-corrected chi connectivity index (χ3v) is 8.43. The number of fused-ring (bicyclic) bond motifs is 2. The first-order valence-electron chi connectivity index (χ1n) is 14.1. The Labute approximate surface area is 222 Å². The first-order valence-corrected chi connectivity index (χ1v) is 14.1. The van der Waals surface area contributed by atoms with Crippen molar-refractivity contribution < 1.29 is 9.53 Å². The lowest BCUT2D eigenvalue weighted by molar-refractivity contribution is 0.0794. The molecule has 2 aromatic carbocycles. The lowest BCUT2D eigenvalue weighted by atomic mass is 9.94. The van der Waals surface area contributed by atoms with Crippen LogP contribution in [0.5, 0.6) is 5.75 Å². The highest BCUT2D eigenvalue weighted by molar-refractivity contribution is 5.93. The van der Waals surface area contributed by atoms with Gasteiger partial charge in [-0.2, -0.15) is 0 Å². The monoisotopic (exact) mass is 502 g/mol. The molecule has 0 spiro atoms. The van der Waals surface area contributed by atoms with Gasteiger partial charge in [0, 0.05) is 50.4 Å². The van der Waals surface area contributed by atoms with E-state index in [2.05, 4.69) is 63.2 Å². The van der Waals surface area contributed by atoms with Gasteiger partial charge in [-0.25, -0.2) is 5.01 Å². The van der Waals surface area contributed by atoms with E-state index in [1.165, 1.54) is 43.2 Å². The minimum absolute atomic E-state index is 0.0153. The Morgan fingerprint density at radius 3 is 2.49 bits per heavy atom. The van der Waals surface area contributed by atoms with Crippen LogP contribution in [0.4, 0.5) is 0 Å². The summed E-state index contributed by atoms with van der Waals surface area (Å²) in [6.07, 6.45) is 10.5. The predicted molar refractivity (Wildman–Crippen MR) is 149 cm³/mol. The summed E-state index contributed by atoms with van der Waals surface area (Å²) in [5.41, 5.74) is 6.29. The van der Waals surface area contributed by atoms with Gasteiger partial charge < -0.3 is 4.74 Å². The molecule has 3 fully saturated rings. The quantitative estimate of drug-likeness (QED) is 0.513. The fraction of sp³-hybridized carbons (Fsp3) is 0.516. The Hall–Kier alpha value is -2.67. The summed E-state index contributed by atoms with van der Waals surface area (Å²) < 4.78 is 5.59. The topological polar surface area (TPSA) is 48.0 Å². The molecule has 3 aliphatic heterocycles. The third-order valence-electron chi connectivity index (χ3n) is 8.43. The van der Waals surface area contributed by atoms with Crippen molar-refractivity contribution in [2.75, 3.05) is 39.8 Å². The molecule has 1 amide bonds. The molecule has 198 valence electrons. The summed E-state index contributed by atoms with van der Waals surface area (Å²) in [6.45, 7) is 8.92. The van der Waals surface area contributed by atoms with Crippen LogP contribution in [-0.4, -0.2) is 72.6 Å². The number of hydrazine groups is 1. The van der Waals surface area contributed by atoms with E-state index in [0.29, 0.717) is 17.6 Å². The molecule has 37 heavy (non-hydrogen) atoms. The van der Waals surface area contributed by atoms with Crippen LogP contribution in [0.25, 0.3) is 0 Å². The molecule has 0 aliphatic carbocycles. The Morgan fingerprint density at radius 1 is 1.00 bits per heavy atom. The molecule has 5 rings (SSSR count). The zero-order valence-corrected chi connectivity index (χ0v) is 22.3. The Balaban J connectivity index is 1.39. The van der Waals surface area contributed by atoms with E-state index in [1.807, 2.05) is 18.2 Å². The zero-order chi connectivity index (χ0) is 25.6. The minimum Gasteiger partial charge on any atom is -0.497 e. The van der Waals surface area contributed by atoms with Crippen molar-refractivity contribution in [1.82, 2.24) is 20.2 Å². The van der Waals surface area contributed by atoms with E-state index < -0.39 is 0 Å². The summed E-state index contributed by atoms with van der Waals surface area (Å²) in [7, 11) is 1.73. The average molecular weight is 503 g/mol. The summed E-state index contributed by atoms with van der Waals surface area (Å²) in [4.78, 5) is 18.3. The van der Waals surface area contributed by atoms with E-state index >= 15 is 0 Å². The van der Waals surface area contributed by atoms with Crippen LogP contribution in [0.2, 0.25) is 0 Å². The van der Waals surface area contributed by atoms with E-state index in [4.69, 9.17) is 4.74 Å². The van der Waals surface area contributed by atoms with Crippen LogP contribution < -0.4 is 10.2 Å². The highest BCUT2D eigenvalue weighted by atomic mass is 16.5. The zero-order valence-electron chi connectivity index (χ0n) is 22.3. The van der Waals surface area contributed by atoms with Crippen molar-refractivity contribution in [3.05, 3.63) is 77.9 Å². The molecule has 3 saturated heterocycles. The second-order valence-electron chi connectivity index (χ2n) is 10.8. The van der Waals surface area contributed by atoms with E-state index in [9.17, 15) is 4.79 Å². The summed E-state index contributed by atoms with van der Waals surface area (Å²) in [6, 6.07) is 18.0. The number of nitrogens with one attached hydrogen (secondary N) is 1. The van der Waals surface area contributed by atoms with Gasteiger partial charge >= 0.3 is 0 Å². The van der Waals surface area contributed by atoms with Crippen LogP contribution in [0.3, 0.4) is 0 Å². The first kappa shape index (κ1) is 26.0. The molecule has 2 bridgehead atoms. The van der Waals surface area contributed by atoms with Gasteiger partial charge in [-0.15, -0.1) is 6.58 Å². The molecular formula is C31H42N4O2. The van der Waals surface area contributed by atoms with Crippen molar-refractivity contribution in [2.24, 2.45) is 0 Å². The summed E-state index contributed by atoms with van der Waals surface area (Å²) >= 11 is 0. The number of nitrogens with zero attached hydrogens (tertiary/aromatic N) is 3. The lowest BCUT2D eigenvalue weighted by Crippen LogP contribution is -2.42. The van der Waals surface area contributed by atoms with Crippen molar-refractivity contribution in [2.45, 2.75) is 63.1 Å². The molecule has 3 unspecified atom stereocenters. The molecule has 2 aromatic rings. The molecule has 1 N–H and O–H groups in total. The number of carbonyl (C=O) groups is 1.